The van der Waals surface area contributed by atoms with Crippen LogP contribution in [0.5, 0.6) is 11.5 Å². The Morgan fingerprint density at radius 3 is 1.88 bits per heavy atom. The molecule has 0 unspecified atom stereocenters. The number of amides is 3. The summed E-state index contributed by atoms with van der Waals surface area (Å²) in [6, 6.07) is 11.7. The molecule has 0 saturated heterocycles. The summed E-state index contributed by atoms with van der Waals surface area (Å²) in [5.74, 6) is 0.367. The molecule has 0 saturated carbocycles. The zero-order chi connectivity index (χ0) is 23.5. The minimum absolute atomic E-state index is 0.0844. The van der Waals surface area contributed by atoms with Crippen molar-refractivity contribution in [2.75, 3.05) is 31.6 Å². The quantitative estimate of drug-likeness (QED) is 0.464. The smallest absolute Gasteiger partial charge is 0.251 e. The van der Waals surface area contributed by atoms with Crippen molar-refractivity contribution in [3.05, 3.63) is 53.6 Å². The number of hydrogen-bond acceptors (Lipinski definition) is 5. The lowest BCUT2D eigenvalue weighted by Gasteiger charge is -2.13. The average molecular weight is 442 g/mol. The average Bonchev–Trinajstić information content (AvgIpc) is 2.78. The summed E-state index contributed by atoms with van der Waals surface area (Å²) in [4.78, 5) is 36.4. The maximum atomic E-state index is 12.4. The summed E-state index contributed by atoms with van der Waals surface area (Å²) in [7, 11) is 0. The highest BCUT2D eigenvalue weighted by molar-refractivity contribution is 5.96. The van der Waals surface area contributed by atoms with E-state index in [2.05, 4.69) is 16.0 Å². The third kappa shape index (κ3) is 7.30. The number of carbonyl (C=O) groups is 3. The Bertz CT molecular complexity index is 926. The topological polar surface area (TPSA) is 106 Å². The Labute approximate surface area is 188 Å². The summed E-state index contributed by atoms with van der Waals surface area (Å²) < 4.78 is 11.0. The largest absolute Gasteiger partial charge is 0.490 e. The van der Waals surface area contributed by atoms with Crippen molar-refractivity contribution in [2.24, 2.45) is 5.92 Å². The molecule has 32 heavy (non-hydrogen) atoms. The number of nitrogens with one attached hydrogen (secondary N) is 3. The highest BCUT2D eigenvalue weighted by Crippen LogP contribution is 2.28. The Balaban J connectivity index is 1.82. The van der Waals surface area contributed by atoms with Gasteiger partial charge in [-0.15, -0.1) is 0 Å². The molecule has 0 fully saturated rings. The van der Waals surface area contributed by atoms with Crippen molar-refractivity contribution in [3.63, 3.8) is 0 Å². The van der Waals surface area contributed by atoms with Gasteiger partial charge < -0.3 is 25.4 Å². The molecule has 0 atom stereocenters. The zero-order valence-electron chi connectivity index (χ0n) is 19.0. The molecule has 3 N–H and O–H groups in total. The molecule has 0 heterocycles. The number of anilines is 1. The van der Waals surface area contributed by atoms with Crippen LogP contribution < -0.4 is 25.4 Å². The predicted octanol–water partition coefficient (Wildman–Crippen LogP) is 3.24. The normalized spacial score (nSPS) is 10.4. The minimum atomic E-state index is -0.270. The first-order valence-electron chi connectivity index (χ1n) is 10.7. The molecule has 2 aromatic rings. The summed E-state index contributed by atoms with van der Waals surface area (Å²) in [5.41, 5.74) is 1.54. The van der Waals surface area contributed by atoms with Crippen molar-refractivity contribution >= 4 is 23.4 Å². The monoisotopic (exact) mass is 441 g/mol. The molecule has 0 radical (unpaired) electrons. The van der Waals surface area contributed by atoms with Gasteiger partial charge in [-0.2, -0.15) is 0 Å². The van der Waals surface area contributed by atoms with Gasteiger partial charge in [0.1, 0.15) is 0 Å². The second kappa shape index (κ2) is 12.3. The van der Waals surface area contributed by atoms with E-state index < -0.39 is 0 Å². The summed E-state index contributed by atoms with van der Waals surface area (Å²) in [5, 5.41) is 8.30. The van der Waals surface area contributed by atoms with Crippen LogP contribution in [-0.2, 0) is 4.79 Å². The van der Waals surface area contributed by atoms with E-state index in [9.17, 15) is 14.4 Å². The molecule has 0 aliphatic carbocycles. The molecule has 8 nitrogen and oxygen atoms in total. The van der Waals surface area contributed by atoms with Gasteiger partial charge in [-0.05, 0) is 56.3 Å². The van der Waals surface area contributed by atoms with Crippen LogP contribution in [0, 0.1) is 5.92 Å². The van der Waals surface area contributed by atoms with E-state index in [1.807, 2.05) is 27.7 Å². The van der Waals surface area contributed by atoms with Gasteiger partial charge in [-0.25, -0.2) is 0 Å². The van der Waals surface area contributed by atoms with Gasteiger partial charge >= 0.3 is 0 Å². The summed E-state index contributed by atoms with van der Waals surface area (Å²) >= 11 is 0. The van der Waals surface area contributed by atoms with E-state index in [0.717, 1.165) is 0 Å². The van der Waals surface area contributed by atoms with Crippen LogP contribution >= 0.6 is 0 Å². The molecule has 2 rings (SSSR count). The van der Waals surface area contributed by atoms with Crippen LogP contribution in [0.3, 0.4) is 0 Å². The highest BCUT2D eigenvalue weighted by Gasteiger charge is 2.12. The molecule has 8 heteroatoms. The van der Waals surface area contributed by atoms with Crippen LogP contribution in [0.25, 0.3) is 0 Å². The second-order valence-corrected chi connectivity index (χ2v) is 7.26. The van der Waals surface area contributed by atoms with E-state index in [1.54, 1.807) is 42.5 Å². The van der Waals surface area contributed by atoms with Crippen LogP contribution in [0.4, 0.5) is 5.69 Å². The number of ether oxygens (including phenoxy) is 2. The fraction of sp³-hybridized carbons (Fsp3) is 0.375. The van der Waals surface area contributed by atoms with E-state index in [-0.39, 0.29) is 36.7 Å². The molecule has 2 aromatic carbocycles. The lowest BCUT2D eigenvalue weighted by Crippen LogP contribution is -2.34. The number of benzene rings is 2. The van der Waals surface area contributed by atoms with Gasteiger partial charge in [0.2, 0.25) is 5.91 Å². The number of rotatable bonds is 11. The third-order valence-electron chi connectivity index (χ3n) is 4.44. The van der Waals surface area contributed by atoms with Crippen molar-refractivity contribution in [1.82, 2.24) is 10.6 Å². The molecular weight excluding hydrogens is 410 g/mol. The molecule has 0 aliphatic heterocycles. The van der Waals surface area contributed by atoms with E-state index in [1.165, 1.54) is 0 Å². The fourth-order valence-electron chi connectivity index (χ4n) is 2.74. The summed E-state index contributed by atoms with van der Waals surface area (Å²) in [6.45, 7) is 8.86. The molecule has 0 aromatic heterocycles. The molecule has 0 spiro atoms. The van der Waals surface area contributed by atoms with Crippen molar-refractivity contribution in [3.8, 4) is 11.5 Å². The van der Waals surface area contributed by atoms with Gasteiger partial charge in [0, 0.05) is 35.8 Å². The van der Waals surface area contributed by atoms with Crippen molar-refractivity contribution < 1.29 is 23.9 Å². The van der Waals surface area contributed by atoms with Gasteiger partial charge in [0.25, 0.3) is 11.8 Å². The van der Waals surface area contributed by atoms with Gasteiger partial charge in [-0.3, -0.25) is 14.4 Å². The van der Waals surface area contributed by atoms with Crippen LogP contribution in [0.15, 0.2) is 42.5 Å². The lowest BCUT2D eigenvalue weighted by atomic mass is 10.1. The minimum Gasteiger partial charge on any atom is -0.490 e. The Hall–Kier alpha value is -3.55. The SMILES string of the molecule is CCOc1ccc(C(=O)NCCNC(=O)c2ccc(NC(=O)C(C)C)cc2)cc1OCC. The number of hydrogen-bond donors (Lipinski definition) is 3. The van der Waals surface area contributed by atoms with Crippen LogP contribution in [0.1, 0.15) is 48.4 Å². The van der Waals surface area contributed by atoms with Crippen molar-refractivity contribution in [2.45, 2.75) is 27.7 Å². The molecule has 172 valence electrons. The first kappa shape index (κ1) is 24.7. The Morgan fingerprint density at radius 1 is 0.781 bits per heavy atom. The predicted molar refractivity (Wildman–Crippen MR) is 123 cm³/mol. The molecule has 0 aliphatic rings. The third-order valence-corrected chi connectivity index (χ3v) is 4.44. The molecule has 0 bridgehead atoms. The van der Waals surface area contributed by atoms with Crippen molar-refractivity contribution in [1.29, 1.82) is 0 Å². The van der Waals surface area contributed by atoms with E-state index in [0.29, 0.717) is 41.5 Å². The van der Waals surface area contributed by atoms with E-state index in [4.69, 9.17) is 9.47 Å². The van der Waals surface area contributed by atoms with Gasteiger partial charge in [0.15, 0.2) is 11.5 Å². The number of carbonyl (C=O) groups excluding carboxylic acids is 3. The molecule has 3 amide bonds. The first-order chi connectivity index (χ1) is 15.3. The maximum Gasteiger partial charge on any atom is 0.251 e. The van der Waals surface area contributed by atoms with Gasteiger partial charge in [0.05, 0.1) is 13.2 Å². The first-order valence-corrected chi connectivity index (χ1v) is 10.7. The van der Waals surface area contributed by atoms with E-state index >= 15 is 0 Å². The zero-order valence-corrected chi connectivity index (χ0v) is 19.0. The summed E-state index contributed by atoms with van der Waals surface area (Å²) in [6.07, 6.45) is 0. The lowest BCUT2D eigenvalue weighted by molar-refractivity contribution is -0.118. The Kier molecular flexibility index (Phi) is 9.53. The highest BCUT2D eigenvalue weighted by atomic mass is 16.5. The van der Waals surface area contributed by atoms with Crippen LogP contribution in [-0.4, -0.2) is 44.0 Å². The fourth-order valence-corrected chi connectivity index (χ4v) is 2.74. The standard InChI is InChI=1S/C24H31N3O5/c1-5-31-20-12-9-18(15-21(20)32-6-2)24(30)26-14-13-25-23(29)17-7-10-19(11-8-17)27-22(28)16(3)4/h7-12,15-16H,5-6,13-14H2,1-4H3,(H,25,29)(H,26,30)(H,27,28). The maximum absolute atomic E-state index is 12.4. The second-order valence-electron chi connectivity index (χ2n) is 7.26. The van der Waals surface area contributed by atoms with Gasteiger partial charge in [-0.1, -0.05) is 13.8 Å². The Morgan fingerprint density at radius 2 is 1.31 bits per heavy atom. The molecular formula is C24H31N3O5. The van der Waals surface area contributed by atoms with Crippen LogP contribution in [0.2, 0.25) is 0 Å².